The zero-order valence-corrected chi connectivity index (χ0v) is 10.4. The van der Waals surface area contributed by atoms with Gasteiger partial charge in [-0.05, 0) is 24.8 Å². The Labute approximate surface area is 106 Å². The minimum atomic E-state index is -0.876. The Hall–Kier alpha value is -1.84. The normalized spacial score (nSPS) is 13.8. The third-order valence-corrected chi connectivity index (χ3v) is 3.04. The predicted molar refractivity (Wildman–Crippen MR) is 67.3 cm³/mol. The molecule has 0 spiro atoms. The van der Waals surface area contributed by atoms with Gasteiger partial charge in [-0.25, -0.2) is 0 Å². The third-order valence-electron chi connectivity index (χ3n) is 3.04. The Bertz CT molecular complexity index is 400. The second kappa shape index (κ2) is 6.79. The molecule has 0 saturated carbocycles. The molecule has 0 bridgehead atoms. The molecule has 2 N–H and O–H groups in total. The molecule has 4 nitrogen and oxygen atoms in total. The molecule has 0 aliphatic rings. The van der Waals surface area contributed by atoms with Gasteiger partial charge in [-0.3, -0.25) is 9.59 Å². The summed E-state index contributed by atoms with van der Waals surface area (Å²) >= 11 is 0. The highest BCUT2D eigenvalue weighted by molar-refractivity contribution is 5.71. The van der Waals surface area contributed by atoms with Crippen LogP contribution in [-0.4, -0.2) is 22.2 Å². The fraction of sp³-hybridized carbons (Fsp3) is 0.429. The lowest BCUT2D eigenvalue weighted by atomic mass is 9.91. The Morgan fingerprint density at radius 1 is 1.06 bits per heavy atom. The topological polar surface area (TPSA) is 74.6 Å². The van der Waals surface area contributed by atoms with Gasteiger partial charge in [0.2, 0.25) is 0 Å². The quantitative estimate of drug-likeness (QED) is 0.779. The molecule has 1 aromatic rings. The number of hydrogen-bond donors (Lipinski definition) is 2. The average Bonchev–Trinajstić information content (AvgIpc) is 2.34. The van der Waals surface area contributed by atoms with E-state index in [1.165, 1.54) is 0 Å². The summed E-state index contributed by atoms with van der Waals surface area (Å²) < 4.78 is 0. The molecule has 0 aliphatic carbocycles. The maximum Gasteiger partial charge on any atom is 0.306 e. The molecule has 4 heteroatoms. The van der Waals surface area contributed by atoms with Crippen molar-refractivity contribution in [3.05, 3.63) is 35.9 Å². The van der Waals surface area contributed by atoms with E-state index in [0.29, 0.717) is 19.3 Å². The summed E-state index contributed by atoms with van der Waals surface area (Å²) in [6.07, 6.45) is 1.22. The largest absolute Gasteiger partial charge is 0.481 e. The van der Waals surface area contributed by atoms with E-state index in [0.717, 1.165) is 5.56 Å². The SMILES string of the molecule is CC(CCC(Cc1ccccc1)C(=O)O)C(=O)O. The zero-order chi connectivity index (χ0) is 13.5. The summed E-state index contributed by atoms with van der Waals surface area (Å²) in [6, 6.07) is 9.39. The second-order valence-corrected chi connectivity index (χ2v) is 4.54. The minimum absolute atomic E-state index is 0.387. The molecule has 0 fully saturated rings. The van der Waals surface area contributed by atoms with Crippen LogP contribution in [0.25, 0.3) is 0 Å². The molecular formula is C14H18O4. The van der Waals surface area contributed by atoms with E-state index in [4.69, 9.17) is 10.2 Å². The number of rotatable bonds is 7. The first-order valence-corrected chi connectivity index (χ1v) is 6.00. The number of carboxylic acid groups (broad SMARTS) is 2. The molecule has 0 heterocycles. The van der Waals surface area contributed by atoms with E-state index in [9.17, 15) is 9.59 Å². The molecular weight excluding hydrogens is 232 g/mol. The number of aliphatic carboxylic acids is 2. The first kappa shape index (κ1) is 14.2. The molecule has 0 radical (unpaired) electrons. The maximum absolute atomic E-state index is 11.1. The van der Waals surface area contributed by atoms with Gasteiger partial charge in [-0.15, -0.1) is 0 Å². The Kier molecular flexibility index (Phi) is 5.36. The van der Waals surface area contributed by atoms with Gasteiger partial charge >= 0.3 is 11.9 Å². The highest BCUT2D eigenvalue weighted by Gasteiger charge is 2.20. The van der Waals surface area contributed by atoms with Crippen LogP contribution in [0.2, 0.25) is 0 Å². The minimum Gasteiger partial charge on any atom is -0.481 e. The first-order valence-electron chi connectivity index (χ1n) is 6.00. The van der Waals surface area contributed by atoms with Crippen molar-refractivity contribution >= 4 is 11.9 Å². The Balaban J connectivity index is 2.56. The van der Waals surface area contributed by atoms with Crippen LogP contribution in [0, 0.1) is 11.8 Å². The molecule has 0 aromatic heterocycles. The van der Waals surface area contributed by atoms with Crippen molar-refractivity contribution in [1.29, 1.82) is 0 Å². The van der Waals surface area contributed by atoms with Crippen LogP contribution in [-0.2, 0) is 16.0 Å². The number of carbonyl (C=O) groups is 2. The van der Waals surface area contributed by atoms with Gasteiger partial charge in [-0.1, -0.05) is 37.3 Å². The smallest absolute Gasteiger partial charge is 0.306 e. The van der Waals surface area contributed by atoms with Crippen LogP contribution in [0.15, 0.2) is 30.3 Å². The van der Waals surface area contributed by atoms with Crippen molar-refractivity contribution < 1.29 is 19.8 Å². The van der Waals surface area contributed by atoms with Crippen molar-refractivity contribution in [2.45, 2.75) is 26.2 Å². The predicted octanol–water partition coefficient (Wildman–Crippen LogP) is 2.43. The molecule has 98 valence electrons. The summed E-state index contributed by atoms with van der Waals surface area (Å²) in [5, 5.41) is 17.9. The van der Waals surface area contributed by atoms with Gasteiger partial charge in [0.05, 0.1) is 11.8 Å². The monoisotopic (exact) mass is 250 g/mol. The fourth-order valence-corrected chi connectivity index (χ4v) is 1.79. The van der Waals surface area contributed by atoms with Gasteiger partial charge in [-0.2, -0.15) is 0 Å². The summed E-state index contributed by atoms with van der Waals surface area (Å²) in [5.41, 5.74) is 0.966. The van der Waals surface area contributed by atoms with E-state index in [-0.39, 0.29) is 0 Å². The van der Waals surface area contributed by atoms with Crippen LogP contribution >= 0.6 is 0 Å². The van der Waals surface area contributed by atoms with Crippen molar-refractivity contribution in [1.82, 2.24) is 0 Å². The van der Waals surface area contributed by atoms with Crippen LogP contribution in [0.5, 0.6) is 0 Å². The lowest BCUT2D eigenvalue weighted by Gasteiger charge is -2.13. The molecule has 1 rings (SSSR count). The lowest BCUT2D eigenvalue weighted by molar-refractivity contribution is -0.144. The number of benzene rings is 1. The summed E-state index contributed by atoms with van der Waals surface area (Å²) in [5.74, 6) is -2.76. The summed E-state index contributed by atoms with van der Waals surface area (Å²) in [6.45, 7) is 1.60. The van der Waals surface area contributed by atoms with Gasteiger partial charge < -0.3 is 10.2 Å². The van der Waals surface area contributed by atoms with E-state index in [2.05, 4.69) is 0 Å². The number of hydrogen-bond acceptors (Lipinski definition) is 2. The highest BCUT2D eigenvalue weighted by Crippen LogP contribution is 2.18. The van der Waals surface area contributed by atoms with Crippen molar-refractivity contribution in [2.24, 2.45) is 11.8 Å². The van der Waals surface area contributed by atoms with Crippen molar-refractivity contribution in [2.75, 3.05) is 0 Å². The fourth-order valence-electron chi connectivity index (χ4n) is 1.79. The molecule has 2 atom stereocenters. The maximum atomic E-state index is 11.1. The second-order valence-electron chi connectivity index (χ2n) is 4.54. The number of carboxylic acids is 2. The van der Waals surface area contributed by atoms with Gasteiger partial charge in [0.25, 0.3) is 0 Å². The highest BCUT2D eigenvalue weighted by atomic mass is 16.4. The molecule has 18 heavy (non-hydrogen) atoms. The summed E-state index contributed by atoms with van der Waals surface area (Å²) in [7, 11) is 0. The summed E-state index contributed by atoms with van der Waals surface area (Å²) in [4.78, 5) is 21.8. The van der Waals surface area contributed by atoms with Gasteiger partial charge in [0.1, 0.15) is 0 Å². The van der Waals surface area contributed by atoms with E-state index < -0.39 is 23.8 Å². The van der Waals surface area contributed by atoms with Crippen LogP contribution in [0.4, 0.5) is 0 Å². The van der Waals surface area contributed by atoms with Crippen molar-refractivity contribution in [3.63, 3.8) is 0 Å². The first-order chi connectivity index (χ1) is 8.50. The standard InChI is InChI=1S/C14H18O4/c1-10(13(15)16)7-8-12(14(17)18)9-11-5-3-2-4-6-11/h2-6,10,12H,7-9H2,1H3,(H,15,16)(H,17,18). The molecule has 2 unspecified atom stereocenters. The lowest BCUT2D eigenvalue weighted by Crippen LogP contribution is -2.19. The van der Waals surface area contributed by atoms with E-state index in [1.807, 2.05) is 30.3 Å². The van der Waals surface area contributed by atoms with Crippen molar-refractivity contribution in [3.8, 4) is 0 Å². The van der Waals surface area contributed by atoms with E-state index >= 15 is 0 Å². The Morgan fingerprint density at radius 2 is 1.67 bits per heavy atom. The van der Waals surface area contributed by atoms with Crippen LogP contribution in [0.1, 0.15) is 25.3 Å². The van der Waals surface area contributed by atoms with Gasteiger partial charge in [0.15, 0.2) is 0 Å². The average molecular weight is 250 g/mol. The third kappa shape index (κ3) is 4.57. The molecule has 0 amide bonds. The molecule has 0 saturated heterocycles. The van der Waals surface area contributed by atoms with Crippen LogP contribution < -0.4 is 0 Å². The van der Waals surface area contributed by atoms with Gasteiger partial charge in [0, 0.05) is 0 Å². The van der Waals surface area contributed by atoms with Crippen LogP contribution in [0.3, 0.4) is 0 Å². The van der Waals surface area contributed by atoms with E-state index in [1.54, 1.807) is 6.92 Å². The molecule has 1 aromatic carbocycles. The zero-order valence-electron chi connectivity index (χ0n) is 10.4. The molecule has 0 aliphatic heterocycles. The Morgan fingerprint density at radius 3 is 2.17 bits per heavy atom.